The monoisotopic (exact) mass is 497 g/mol. The van der Waals surface area contributed by atoms with Crippen molar-refractivity contribution in [2.75, 3.05) is 4.90 Å². The molecule has 178 valence electrons. The molecule has 0 fully saturated rings. The highest BCUT2D eigenvalue weighted by Gasteiger charge is 2.37. The normalized spacial score (nSPS) is 15.2. The first kappa shape index (κ1) is 21.0. The van der Waals surface area contributed by atoms with E-state index in [1.165, 1.54) is 43.4 Å². The van der Waals surface area contributed by atoms with Crippen LogP contribution in [0.25, 0.3) is 11.1 Å². The average molecular weight is 498 g/mol. The van der Waals surface area contributed by atoms with Crippen LogP contribution in [0, 0.1) is 0 Å². The van der Waals surface area contributed by atoms with Crippen LogP contribution in [0.15, 0.2) is 113 Å². The summed E-state index contributed by atoms with van der Waals surface area (Å²) in [6.45, 7) is 4.56. The van der Waals surface area contributed by atoms with Gasteiger partial charge in [-0.05, 0) is 70.8 Å². The van der Waals surface area contributed by atoms with Crippen molar-refractivity contribution in [3.05, 3.63) is 114 Å². The molecule has 3 nitrogen and oxygen atoms in total. The van der Waals surface area contributed by atoms with Crippen LogP contribution in [-0.2, 0) is 5.41 Å². The van der Waals surface area contributed by atoms with Gasteiger partial charge in [-0.25, -0.2) is 0 Å². The summed E-state index contributed by atoms with van der Waals surface area (Å²) in [6.07, 6.45) is 0. The van der Waals surface area contributed by atoms with E-state index in [2.05, 4.69) is 116 Å². The molecule has 0 N–H and O–H groups in total. The van der Waals surface area contributed by atoms with E-state index in [0.29, 0.717) is 0 Å². The summed E-state index contributed by atoms with van der Waals surface area (Å²) in [4.78, 5) is 4.78. The lowest BCUT2D eigenvalue weighted by Gasteiger charge is -2.33. The van der Waals surface area contributed by atoms with E-state index in [1.54, 1.807) is 0 Å². The summed E-state index contributed by atoms with van der Waals surface area (Å²) in [5.74, 6) is 2.98. The van der Waals surface area contributed by atoms with Gasteiger partial charge in [0.05, 0.1) is 17.1 Å². The fourth-order valence-electron chi connectivity index (χ4n) is 5.89. The number of nitrogens with zero attached hydrogens (tertiary/aromatic N) is 1. The summed E-state index contributed by atoms with van der Waals surface area (Å²) < 4.78 is 13.0. The Hall–Kier alpha value is -4.15. The second-order valence-corrected chi connectivity index (χ2v) is 11.3. The highest BCUT2D eigenvalue weighted by Crippen LogP contribution is 2.56. The van der Waals surface area contributed by atoms with Gasteiger partial charge in [-0.3, -0.25) is 0 Å². The Bertz CT molecular complexity index is 1710. The maximum atomic E-state index is 6.54. The first-order valence-electron chi connectivity index (χ1n) is 12.5. The lowest BCUT2D eigenvalue weighted by molar-refractivity contribution is 0.359. The Morgan fingerprint density at radius 3 is 1.97 bits per heavy atom. The zero-order valence-corrected chi connectivity index (χ0v) is 21.3. The Morgan fingerprint density at radius 1 is 0.568 bits per heavy atom. The van der Waals surface area contributed by atoms with E-state index in [-0.39, 0.29) is 5.41 Å². The Morgan fingerprint density at radius 2 is 1.19 bits per heavy atom. The van der Waals surface area contributed by atoms with Crippen LogP contribution in [0.5, 0.6) is 23.0 Å². The van der Waals surface area contributed by atoms with Crippen LogP contribution < -0.4 is 14.4 Å². The van der Waals surface area contributed by atoms with Crippen molar-refractivity contribution in [2.24, 2.45) is 0 Å². The predicted octanol–water partition coefficient (Wildman–Crippen LogP) is 9.83. The topological polar surface area (TPSA) is 21.7 Å². The molecule has 0 saturated heterocycles. The van der Waals surface area contributed by atoms with Gasteiger partial charge < -0.3 is 14.4 Å². The zero-order valence-electron chi connectivity index (χ0n) is 20.5. The van der Waals surface area contributed by atoms with Gasteiger partial charge in [0.1, 0.15) is 0 Å². The quantitative estimate of drug-likeness (QED) is 0.225. The number of hydrogen-bond donors (Lipinski definition) is 0. The number of ether oxygens (including phenoxy) is 2. The lowest BCUT2D eigenvalue weighted by Crippen LogP contribution is -2.15. The molecule has 5 aromatic carbocycles. The van der Waals surface area contributed by atoms with Crippen molar-refractivity contribution >= 4 is 28.8 Å². The van der Waals surface area contributed by atoms with Crippen molar-refractivity contribution in [3.63, 3.8) is 0 Å². The first-order valence-corrected chi connectivity index (χ1v) is 13.3. The van der Waals surface area contributed by atoms with Crippen LogP contribution >= 0.6 is 11.8 Å². The number of benzene rings is 5. The van der Waals surface area contributed by atoms with Crippen molar-refractivity contribution in [3.8, 4) is 34.1 Å². The van der Waals surface area contributed by atoms with Gasteiger partial charge in [0, 0.05) is 21.3 Å². The van der Waals surface area contributed by atoms with Crippen LogP contribution in [0.4, 0.5) is 17.1 Å². The Labute approximate surface area is 220 Å². The van der Waals surface area contributed by atoms with E-state index in [0.717, 1.165) is 28.7 Å². The van der Waals surface area contributed by atoms with Gasteiger partial charge in [-0.2, -0.15) is 0 Å². The molecule has 37 heavy (non-hydrogen) atoms. The van der Waals surface area contributed by atoms with E-state index < -0.39 is 0 Å². The van der Waals surface area contributed by atoms with E-state index >= 15 is 0 Å². The largest absolute Gasteiger partial charge is 0.449 e. The molecule has 3 aliphatic rings. The van der Waals surface area contributed by atoms with Gasteiger partial charge in [-0.15, -0.1) is 0 Å². The molecular formula is C33H23NO2S. The molecule has 8 rings (SSSR count). The minimum atomic E-state index is -0.0818. The summed E-state index contributed by atoms with van der Waals surface area (Å²) in [6, 6.07) is 36.3. The minimum absolute atomic E-state index is 0.0818. The molecule has 0 aromatic heterocycles. The van der Waals surface area contributed by atoms with Gasteiger partial charge in [0.25, 0.3) is 0 Å². The molecular weight excluding hydrogens is 474 g/mol. The summed E-state index contributed by atoms with van der Waals surface area (Å²) in [5.41, 5.74) is 8.40. The van der Waals surface area contributed by atoms with Crippen molar-refractivity contribution in [2.45, 2.75) is 29.1 Å². The SMILES string of the molecule is CC1(C)c2ccccc2-c2cc3c(cc21)Oc1ccc(N2c4ccccc4Sc4ccccc42)cc1O3. The van der Waals surface area contributed by atoms with Crippen LogP contribution in [0.2, 0.25) is 0 Å². The second kappa shape index (κ2) is 7.44. The highest BCUT2D eigenvalue weighted by molar-refractivity contribution is 7.99. The summed E-state index contributed by atoms with van der Waals surface area (Å²) >= 11 is 1.81. The molecule has 0 unspecified atom stereocenters. The summed E-state index contributed by atoms with van der Waals surface area (Å²) in [5, 5.41) is 0. The van der Waals surface area contributed by atoms with Gasteiger partial charge in [-0.1, -0.05) is 74.1 Å². The highest BCUT2D eigenvalue weighted by atomic mass is 32.2. The Kier molecular flexibility index (Phi) is 4.22. The van der Waals surface area contributed by atoms with Crippen molar-refractivity contribution in [1.29, 1.82) is 0 Å². The number of fused-ring (bicyclic) bond motifs is 7. The van der Waals surface area contributed by atoms with Crippen LogP contribution in [0.1, 0.15) is 25.0 Å². The van der Waals surface area contributed by atoms with Gasteiger partial charge in [0.2, 0.25) is 0 Å². The second-order valence-electron chi connectivity index (χ2n) is 10.2. The standard InChI is InChI=1S/C33H23NO2S/c1-33(2)23-10-4-3-9-21(23)22-18-29-30(19-24(22)33)35-27-16-15-20(17-28(27)36-29)34-25-11-5-7-13-31(25)37-32-14-8-6-12-26(32)34/h3-19H,1-2H3. The van der Waals surface area contributed by atoms with E-state index in [9.17, 15) is 0 Å². The smallest absolute Gasteiger partial charge is 0.172 e. The summed E-state index contributed by atoms with van der Waals surface area (Å²) in [7, 11) is 0. The zero-order chi connectivity index (χ0) is 24.7. The Balaban J connectivity index is 1.23. The average Bonchev–Trinajstić information content (AvgIpc) is 3.15. The molecule has 0 spiro atoms. The third-order valence-electron chi connectivity index (χ3n) is 7.71. The number of para-hydroxylation sites is 2. The third kappa shape index (κ3) is 2.96. The fraction of sp³-hybridized carbons (Fsp3) is 0.0909. The fourth-order valence-corrected chi connectivity index (χ4v) is 6.95. The molecule has 2 heterocycles. The third-order valence-corrected chi connectivity index (χ3v) is 8.84. The molecule has 1 aliphatic carbocycles. The van der Waals surface area contributed by atoms with Crippen LogP contribution in [-0.4, -0.2) is 0 Å². The lowest BCUT2D eigenvalue weighted by atomic mass is 9.82. The van der Waals surface area contributed by atoms with Gasteiger partial charge in [0.15, 0.2) is 23.0 Å². The maximum absolute atomic E-state index is 6.54. The molecule has 4 heteroatoms. The van der Waals surface area contributed by atoms with Crippen molar-refractivity contribution in [1.82, 2.24) is 0 Å². The number of anilines is 3. The maximum Gasteiger partial charge on any atom is 0.172 e. The molecule has 0 amide bonds. The first-order chi connectivity index (χ1) is 18.1. The van der Waals surface area contributed by atoms with Gasteiger partial charge >= 0.3 is 0 Å². The van der Waals surface area contributed by atoms with E-state index in [4.69, 9.17) is 9.47 Å². The molecule has 2 aliphatic heterocycles. The predicted molar refractivity (Wildman–Crippen MR) is 149 cm³/mol. The molecule has 0 bridgehead atoms. The van der Waals surface area contributed by atoms with Crippen LogP contribution in [0.3, 0.4) is 0 Å². The van der Waals surface area contributed by atoms with E-state index in [1.807, 2.05) is 17.8 Å². The molecule has 0 radical (unpaired) electrons. The molecule has 0 atom stereocenters. The molecule has 5 aromatic rings. The minimum Gasteiger partial charge on any atom is -0.449 e. The van der Waals surface area contributed by atoms with Crippen molar-refractivity contribution < 1.29 is 9.47 Å². The number of rotatable bonds is 1. The molecule has 0 saturated carbocycles. The number of hydrogen-bond acceptors (Lipinski definition) is 4.